The molecule has 0 spiro atoms. The number of benzene rings is 1. The average Bonchev–Trinajstić information content (AvgIpc) is 3.29. The van der Waals surface area contributed by atoms with Crippen LogP contribution >= 0.6 is 0 Å². The van der Waals surface area contributed by atoms with Gasteiger partial charge >= 0.3 is 6.03 Å². The molecule has 0 radical (unpaired) electrons. The Morgan fingerprint density at radius 3 is 2.92 bits per heavy atom. The predicted molar refractivity (Wildman–Crippen MR) is 97.8 cm³/mol. The number of urea groups is 1. The van der Waals surface area contributed by atoms with Crippen LogP contribution in [0.5, 0.6) is 0 Å². The van der Waals surface area contributed by atoms with E-state index in [1.165, 1.54) is 5.39 Å². The molecule has 6 heteroatoms. The summed E-state index contributed by atoms with van der Waals surface area (Å²) in [6.45, 7) is 5.93. The molecular weight excluding hydrogens is 316 g/mol. The van der Waals surface area contributed by atoms with Crippen molar-refractivity contribution in [1.29, 1.82) is 0 Å². The zero-order valence-electron chi connectivity index (χ0n) is 14.5. The van der Waals surface area contributed by atoms with Gasteiger partial charge in [-0.3, -0.25) is 4.90 Å². The highest BCUT2D eigenvalue weighted by Crippen LogP contribution is 2.17. The van der Waals surface area contributed by atoms with Gasteiger partial charge in [0, 0.05) is 56.4 Å². The largest absolute Gasteiger partial charge is 0.379 e. The van der Waals surface area contributed by atoms with Crippen LogP contribution < -0.4 is 5.32 Å². The number of aromatic nitrogens is 1. The van der Waals surface area contributed by atoms with E-state index in [1.54, 1.807) is 0 Å². The van der Waals surface area contributed by atoms with E-state index in [9.17, 15) is 4.79 Å². The maximum absolute atomic E-state index is 12.4. The number of fused-ring (bicyclic) bond motifs is 1. The van der Waals surface area contributed by atoms with E-state index in [4.69, 9.17) is 4.74 Å². The molecule has 1 aromatic carbocycles. The maximum Gasteiger partial charge on any atom is 0.317 e. The standard InChI is InChI=1S/C19H26N4O2/c24-19(23-8-6-17(14-23)22-9-11-25-12-10-22)20-7-5-16-13-15-3-1-2-4-18(15)21-16/h1-4,13,17,21H,5-12,14H2,(H,20,24)/t17-/m0/s1. The van der Waals surface area contributed by atoms with Crippen LogP contribution in [-0.2, 0) is 11.2 Å². The van der Waals surface area contributed by atoms with Crippen LogP contribution in [0.4, 0.5) is 4.79 Å². The third kappa shape index (κ3) is 3.80. The first kappa shape index (κ1) is 16.4. The van der Waals surface area contributed by atoms with Crippen LogP contribution in [0.3, 0.4) is 0 Å². The first-order chi connectivity index (χ1) is 12.3. The quantitative estimate of drug-likeness (QED) is 0.891. The minimum Gasteiger partial charge on any atom is -0.379 e. The Hall–Kier alpha value is -2.05. The third-order valence-electron chi connectivity index (χ3n) is 5.27. The smallest absolute Gasteiger partial charge is 0.317 e. The van der Waals surface area contributed by atoms with Gasteiger partial charge in [-0.2, -0.15) is 0 Å². The molecule has 1 aromatic heterocycles. The van der Waals surface area contributed by atoms with Crippen molar-refractivity contribution in [3.8, 4) is 0 Å². The molecule has 0 aliphatic carbocycles. The summed E-state index contributed by atoms with van der Waals surface area (Å²) in [5, 5.41) is 4.28. The molecule has 4 rings (SSSR count). The Labute approximate surface area is 148 Å². The first-order valence-electron chi connectivity index (χ1n) is 9.21. The van der Waals surface area contributed by atoms with Crippen LogP contribution in [0, 0.1) is 0 Å². The number of ether oxygens (including phenoxy) is 1. The lowest BCUT2D eigenvalue weighted by Gasteiger charge is -2.32. The summed E-state index contributed by atoms with van der Waals surface area (Å²) in [6, 6.07) is 11.0. The molecule has 2 N–H and O–H groups in total. The summed E-state index contributed by atoms with van der Waals surface area (Å²) in [7, 11) is 0. The normalized spacial score (nSPS) is 21.8. The number of amides is 2. The summed E-state index contributed by atoms with van der Waals surface area (Å²) < 4.78 is 5.41. The highest BCUT2D eigenvalue weighted by atomic mass is 16.5. The van der Waals surface area contributed by atoms with Gasteiger partial charge < -0.3 is 19.9 Å². The number of morpholine rings is 1. The van der Waals surface area contributed by atoms with Gasteiger partial charge in [-0.1, -0.05) is 18.2 Å². The van der Waals surface area contributed by atoms with E-state index >= 15 is 0 Å². The molecule has 0 saturated carbocycles. The van der Waals surface area contributed by atoms with Crippen molar-refractivity contribution in [1.82, 2.24) is 20.1 Å². The van der Waals surface area contributed by atoms with Crippen LogP contribution in [0.2, 0.25) is 0 Å². The third-order valence-corrected chi connectivity index (χ3v) is 5.27. The number of aromatic amines is 1. The Bertz CT molecular complexity index is 690. The number of H-pyrrole nitrogens is 1. The van der Waals surface area contributed by atoms with E-state index in [2.05, 4.69) is 33.4 Å². The van der Waals surface area contributed by atoms with Crippen LogP contribution in [0.15, 0.2) is 30.3 Å². The van der Waals surface area contributed by atoms with Gasteiger partial charge in [0.05, 0.1) is 13.2 Å². The van der Waals surface area contributed by atoms with Crippen molar-refractivity contribution in [3.63, 3.8) is 0 Å². The zero-order chi connectivity index (χ0) is 17.1. The topological polar surface area (TPSA) is 60.6 Å². The van der Waals surface area contributed by atoms with Gasteiger partial charge in [0.25, 0.3) is 0 Å². The summed E-state index contributed by atoms with van der Waals surface area (Å²) in [5.74, 6) is 0. The minimum absolute atomic E-state index is 0.0619. The molecule has 134 valence electrons. The van der Waals surface area contributed by atoms with E-state index in [0.29, 0.717) is 12.6 Å². The summed E-state index contributed by atoms with van der Waals surface area (Å²) in [5.41, 5.74) is 2.31. The number of nitrogens with zero attached hydrogens (tertiary/aromatic N) is 2. The van der Waals surface area contributed by atoms with E-state index in [0.717, 1.165) is 63.4 Å². The number of para-hydroxylation sites is 1. The van der Waals surface area contributed by atoms with Gasteiger partial charge in [-0.15, -0.1) is 0 Å². The van der Waals surface area contributed by atoms with Crippen molar-refractivity contribution in [2.24, 2.45) is 0 Å². The number of carbonyl (C=O) groups excluding carboxylic acids is 1. The fraction of sp³-hybridized carbons (Fsp3) is 0.526. The average molecular weight is 342 g/mol. The Balaban J connectivity index is 1.23. The van der Waals surface area contributed by atoms with E-state index in [1.807, 2.05) is 17.0 Å². The lowest BCUT2D eigenvalue weighted by molar-refractivity contribution is 0.0191. The fourth-order valence-corrected chi connectivity index (χ4v) is 3.85. The Kier molecular flexibility index (Phi) is 4.90. The number of nitrogens with one attached hydrogen (secondary N) is 2. The van der Waals surface area contributed by atoms with Crippen LogP contribution in [-0.4, -0.2) is 72.8 Å². The molecular formula is C19H26N4O2. The molecule has 25 heavy (non-hydrogen) atoms. The Morgan fingerprint density at radius 2 is 2.08 bits per heavy atom. The SMILES string of the molecule is O=C(NCCc1cc2ccccc2[nH]1)N1CC[C@H](N2CCOCC2)C1. The monoisotopic (exact) mass is 342 g/mol. The maximum atomic E-state index is 12.4. The number of hydrogen-bond donors (Lipinski definition) is 2. The zero-order valence-corrected chi connectivity index (χ0v) is 14.5. The molecule has 3 heterocycles. The highest BCUT2D eigenvalue weighted by molar-refractivity contribution is 5.80. The number of rotatable bonds is 4. The van der Waals surface area contributed by atoms with Crippen LogP contribution in [0.25, 0.3) is 10.9 Å². The molecule has 6 nitrogen and oxygen atoms in total. The molecule has 2 saturated heterocycles. The van der Waals surface area contributed by atoms with Crippen molar-refractivity contribution >= 4 is 16.9 Å². The molecule has 2 aliphatic heterocycles. The van der Waals surface area contributed by atoms with E-state index in [-0.39, 0.29) is 6.03 Å². The van der Waals surface area contributed by atoms with Crippen molar-refractivity contribution in [2.45, 2.75) is 18.9 Å². The van der Waals surface area contributed by atoms with Gasteiger partial charge in [-0.05, 0) is 23.9 Å². The van der Waals surface area contributed by atoms with Gasteiger partial charge in [-0.25, -0.2) is 4.79 Å². The number of carbonyl (C=O) groups is 1. The Morgan fingerprint density at radius 1 is 1.24 bits per heavy atom. The molecule has 0 unspecified atom stereocenters. The molecule has 2 aliphatic rings. The van der Waals surface area contributed by atoms with Gasteiger partial charge in [0.15, 0.2) is 0 Å². The highest BCUT2D eigenvalue weighted by Gasteiger charge is 2.30. The van der Waals surface area contributed by atoms with Crippen molar-refractivity contribution in [2.75, 3.05) is 45.9 Å². The summed E-state index contributed by atoms with van der Waals surface area (Å²) in [6.07, 6.45) is 1.89. The van der Waals surface area contributed by atoms with Crippen molar-refractivity contribution in [3.05, 3.63) is 36.0 Å². The van der Waals surface area contributed by atoms with Gasteiger partial charge in [0.1, 0.15) is 0 Å². The lowest BCUT2D eigenvalue weighted by Crippen LogP contribution is -2.46. The summed E-state index contributed by atoms with van der Waals surface area (Å²) >= 11 is 0. The first-order valence-corrected chi connectivity index (χ1v) is 9.21. The lowest BCUT2D eigenvalue weighted by atomic mass is 10.2. The molecule has 0 bridgehead atoms. The second-order valence-electron chi connectivity index (χ2n) is 6.90. The van der Waals surface area contributed by atoms with Crippen molar-refractivity contribution < 1.29 is 9.53 Å². The molecule has 2 aromatic rings. The molecule has 1 atom stereocenters. The number of hydrogen-bond acceptors (Lipinski definition) is 3. The minimum atomic E-state index is 0.0619. The second kappa shape index (κ2) is 7.45. The van der Waals surface area contributed by atoms with E-state index < -0.39 is 0 Å². The fourth-order valence-electron chi connectivity index (χ4n) is 3.85. The molecule has 2 amide bonds. The van der Waals surface area contributed by atoms with Crippen LogP contribution in [0.1, 0.15) is 12.1 Å². The second-order valence-corrected chi connectivity index (χ2v) is 6.90. The summed E-state index contributed by atoms with van der Waals surface area (Å²) in [4.78, 5) is 20.2. The number of likely N-dealkylation sites (tertiary alicyclic amines) is 1. The predicted octanol–water partition coefficient (Wildman–Crippen LogP) is 1.83. The molecule has 2 fully saturated rings. The van der Waals surface area contributed by atoms with Gasteiger partial charge in [0.2, 0.25) is 0 Å².